The van der Waals surface area contributed by atoms with Gasteiger partial charge in [0.1, 0.15) is 0 Å². The quantitative estimate of drug-likeness (QED) is 0.618. The van der Waals surface area contributed by atoms with Crippen LogP contribution in [0.4, 0.5) is 5.69 Å². The molecule has 0 aliphatic heterocycles. The van der Waals surface area contributed by atoms with Crippen LogP contribution in [-0.2, 0) is 9.53 Å². The molecular weight excluding hydrogens is 326 g/mol. The lowest BCUT2D eigenvalue weighted by Crippen LogP contribution is -2.10. The number of esters is 1. The van der Waals surface area contributed by atoms with Crippen LogP contribution in [0.15, 0.2) is 54.6 Å². The van der Waals surface area contributed by atoms with Crippen LogP contribution >= 0.6 is 11.6 Å². The standard InChI is InChI=1S/C19H18ClNO3/c1-2-12-24-19(23)15-7-5-8-16(13-15)21-18(22)11-10-14-6-3-4-9-17(14)20/h3-11,13H,2,12H2,1H3,(H,21,22). The van der Waals surface area contributed by atoms with Gasteiger partial charge >= 0.3 is 5.97 Å². The van der Waals surface area contributed by atoms with Gasteiger partial charge in [-0.2, -0.15) is 0 Å². The van der Waals surface area contributed by atoms with Crippen molar-refractivity contribution in [3.8, 4) is 0 Å². The van der Waals surface area contributed by atoms with Crippen LogP contribution < -0.4 is 5.32 Å². The Bertz CT molecular complexity index is 756. The molecule has 0 bridgehead atoms. The van der Waals surface area contributed by atoms with E-state index < -0.39 is 5.97 Å². The predicted octanol–water partition coefficient (Wildman–Crippen LogP) is 4.56. The smallest absolute Gasteiger partial charge is 0.338 e. The number of ether oxygens (including phenoxy) is 1. The maximum Gasteiger partial charge on any atom is 0.338 e. The highest BCUT2D eigenvalue weighted by molar-refractivity contribution is 6.32. The summed E-state index contributed by atoms with van der Waals surface area (Å²) < 4.78 is 5.08. The van der Waals surface area contributed by atoms with Crippen molar-refractivity contribution in [1.82, 2.24) is 0 Å². The number of nitrogens with one attached hydrogen (secondary N) is 1. The van der Waals surface area contributed by atoms with Crippen LogP contribution in [-0.4, -0.2) is 18.5 Å². The van der Waals surface area contributed by atoms with Gasteiger partial charge in [0.2, 0.25) is 5.91 Å². The van der Waals surface area contributed by atoms with Gasteiger partial charge in [0.15, 0.2) is 0 Å². The maximum atomic E-state index is 12.0. The van der Waals surface area contributed by atoms with Crippen molar-refractivity contribution in [2.24, 2.45) is 0 Å². The number of hydrogen-bond acceptors (Lipinski definition) is 3. The third-order valence-corrected chi connectivity index (χ3v) is 3.47. The van der Waals surface area contributed by atoms with E-state index in [9.17, 15) is 9.59 Å². The first-order valence-corrected chi connectivity index (χ1v) is 7.98. The second kappa shape index (κ2) is 8.89. The highest BCUT2D eigenvalue weighted by atomic mass is 35.5. The molecule has 0 radical (unpaired) electrons. The Morgan fingerprint density at radius 3 is 2.71 bits per heavy atom. The number of carbonyl (C=O) groups is 2. The number of hydrogen-bond donors (Lipinski definition) is 1. The molecule has 5 heteroatoms. The molecule has 4 nitrogen and oxygen atoms in total. The summed E-state index contributed by atoms with van der Waals surface area (Å²) in [5.41, 5.74) is 1.68. The van der Waals surface area contributed by atoms with Crippen molar-refractivity contribution in [2.75, 3.05) is 11.9 Å². The number of amides is 1. The molecular formula is C19H18ClNO3. The zero-order valence-electron chi connectivity index (χ0n) is 13.3. The molecule has 0 fully saturated rings. The summed E-state index contributed by atoms with van der Waals surface area (Å²) in [6, 6.07) is 13.9. The van der Waals surface area contributed by atoms with Crippen molar-refractivity contribution in [1.29, 1.82) is 0 Å². The summed E-state index contributed by atoms with van der Waals surface area (Å²) in [5.74, 6) is -0.714. The molecule has 1 N–H and O–H groups in total. The molecule has 0 saturated heterocycles. The number of anilines is 1. The number of carbonyl (C=O) groups excluding carboxylic acids is 2. The largest absolute Gasteiger partial charge is 0.462 e. The van der Waals surface area contributed by atoms with Crippen molar-refractivity contribution in [3.63, 3.8) is 0 Å². The molecule has 124 valence electrons. The Balaban J connectivity index is 2.01. The van der Waals surface area contributed by atoms with Gasteiger partial charge in [-0.15, -0.1) is 0 Å². The summed E-state index contributed by atoms with van der Waals surface area (Å²) in [7, 11) is 0. The van der Waals surface area contributed by atoms with Crippen molar-refractivity contribution < 1.29 is 14.3 Å². The molecule has 0 aliphatic rings. The van der Waals surface area contributed by atoms with Gasteiger partial charge in [0.25, 0.3) is 0 Å². The Labute approximate surface area is 146 Å². The van der Waals surface area contributed by atoms with Crippen LogP contribution in [0.2, 0.25) is 5.02 Å². The minimum atomic E-state index is -0.403. The molecule has 0 spiro atoms. The Morgan fingerprint density at radius 2 is 1.96 bits per heavy atom. The molecule has 0 aromatic heterocycles. The summed E-state index contributed by atoms with van der Waals surface area (Å²) in [5, 5.41) is 3.28. The molecule has 0 aliphatic carbocycles. The van der Waals surface area contributed by atoms with Crippen LogP contribution in [0.25, 0.3) is 6.08 Å². The van der Waals surface area contributed by atoms with Crippen LogP contribution in [0, 0.1) is 0 Å². The molecule has 24 heavy (non-hydrogen) atoms. The topological polar surface area (TPSA) is 55.4 Å². The molecule has 0 saturated carbocycles. The first-order valence-electron chi connectivity index (χ1n) is 7.61. The second-order valence-corrected chi connectivity index (χ2v) is 5.47. The van der Waals surface area contributed by atoms with E-state index >= 15 is 0 Å². The Hall–Kier alpha value is -2.59. The molecule has 1 amide bonds. The summed E-state index contributed by atoms with van der Waals surface area (Å²) in [6.45, 7) is 2.30. The fourth-order valence-corrected chi connectivity index (χ4v) is 2.16. The van der Waals surface area contributed by atoms with Gasteiger partial charge in [0.05, 0.1) is 12.2 Å². The van der Waals surface area contributed by atoms with Crippen LogP contribution in [0.1, 0.15) is 29.3 Å². The highest BCUT2D eigenvalue weighted by Crippen LogP contribution is 2.16. The van der Waals surface area contributed by atoms with E-state index in [1.807, 2.05) is 25.1 Å². The van der Waals surface area contributed by atoms with E-state index in [4.69, 9.17) is 16.3 Å². The van der Waals surface area contributed by atoms with Gasteiger partial charge in [-0.1, -0.05) is 42.8 Å². The maximum absolute atomic E-state index is 12.0. The van der Waals surface area contributed by atoms with Crippen molar-refractivity contribution in [2.45, 2.75) is 13.3 Å². The molecule has 2 aromatic carbocycles. The van der Waals surface area contributed by atoms with Gasteiger partial charge in [0, 0.05) is 16.8 Å². The minimum absolute atomic E-state index is 0.311. The first kappa shape index (κ1) is 17.8. The molecule has 0 atom stereocenters. The zero-order chi connectivity index (χ0) is 17.4. The number of rotatable bonds is 6. The predicted molar refractivity (Wildman–Crippen MR) is 96.1 cm³/mol. The van der Waals surface area contributed by atoms with Gasteiger partial charge in [-0.3, -0.25) is 4.79 Å². The lowest BCUT2D eigenvalue weighted by atomic mass is 10.2. The summed E-state index contributed by atoms with van der Waals surface area (Å²) in [6.07, 6.45) is 3.79. The van der Waals surface area contributed by atoms with E-state index in [0.29, 0.717) is 22.9 Å². The summed E-state index contributed by atoms with van der Waals surface area (Å²) in [4.78, 5) is 23.8. The number of benzene rings is 2. The summed E-state index contributed by atoms with van der Waals surface area (Å²) >= 11 is 6.03. The molecule has 2 aromatic rings. The van der Waals surface area contributed by atoms with Crippen molar-refractivity contribution in [3.05, 3.63) is 70.8 Å². The van der Waals surface area contributed by atoms with Crippen molar-refractivity contribution >= 4 is 35.2 Å². The average molecular weight is 344 g/mol. The lowest BCUT2D eigenvalue weighted by Gasteiger charge is -2.06. The van der Waals surface area contributed by atoms with E-state index in [2.05, 4.69) is 5.32 Å². The SMILES string of the molecule is CCCOC(=O)c1cccc(NC(=O)C=Cc2ccccc2Cl)c1. The third-order valence-electron chi connectivity index (χ3n) is 3.12. The Morgan fingerprint density at radius 1 is 1.17 bits per heavy atom. The minimum Gasteiger partial charge on any atom is -0.462 e. The van der Waals surface area contributed by atoms with E-state index in [0.717, 1.165) is 12.0 Å². The second-order valence-electron chi connectivity index (χ2n) is 5.06. The monoisotopic (exact) mass is 343 g/mol. The fraction of sp³-hybridized carbons (Fsp3) is 0.158. The zero-order valence-corrected chi connectivity index (χ0v) is 14.0. The fourth-order valence-electron chi connectivity index (χ4n) is 1.96. The third kappa shape index (κ3) is 5.25. The van der Waals surface area contributed by atoms with E-state index in [1.54, 1.807) is 36.4 Å². The molecule has 0 unspecified atom stereocenters. The van der Waals surface area contributed by atoms with E-state index in [-0.39, 0.29) is 5.91 Å². The Kier molecular flexibility index (Phi) is 6.58. The normalized spacial score (nSPS) is 10.6. The highest BCUT2D eigenvalue weighted by Gasteiger charge is 2.08. The first-order chi connectivity index (χ1) is 11.6. The molecule has 0 heterocycles. The lowest BCUT2D eigenvalue weighted by molar-refractivity contribution is -0.111. The van der Waals surface area contributed by atoms with Gasteiger partial charge in [-0.25, -0.2) is 4.79 Å². The van der Waals surface area contributed by atoms with Crippen LogP contribution in [0.5, 0.6) is 0 Å². The van der Waals surface area contributed by atoms with Crippen LogP contribution in [0.3, 0.4) is 0 Å². The van der Waals surface area contributed by atoms with Gasteiger partial charge < -0.3 is 10.1 Å². The number of halogens is 1. The van der Waals surface area contributed by atoms with Gasteiger partial charge in [-0.05, 0) is 42.3 Å². The average Bonchev–Trinajstić information content (AvgIpc) is 2.59. The molecule has 2 rings (SSSR count). The van der Waals surface area contributed by atoms with E-state index in [1.165, 1.54) is 6.08 Å².